The van der Waals surface area contributed by atoms with Crippen LogP contribution >= 0.6 is 0 Å². The SMILES string of the molecule is O=C(NCCCCCCC(=O)N1CCCC(C(=O)O)C1)OCC1c2ccccc2-c2ccccc21. The number of carbonyl (C=O) groups is 3. The van der Waals surface area contributed by atoms with Crippen LogP contribution in [0, 0.1) is 5.92 Å². The number of hydrogen-bond donors (Lipinski definition) is 2. The number of unbranched alkanes of at least 4 members (excludes halogenated alkanes) is 3. The number of ether oxygens (including phenoxy) is 1. The van der Waals surface area contributed by atoms with Crippen molar-refractivity contribution < 1.29 is 24.2 Å². The van der Waals surface area contributed by atoms with E-state index in [2.05, 4.69) is 29.6 Å². The van der Waals surface area contributed by atoms with E-state index in [1.54, 1.807) is 4.90 Å². The van der Waals surface area contributed by atoms with E-state index in [0.29, 0.717) is 39.1 Å². The summed E-state index contributed by atoms with van der Waals surface area (Å²) in [5.74, 6) is -1.15. The summed E-state index contributed by atoms with van der Waals surface area (Å²) >= 11 is 0. The van der Waals surface area contributed by atoms with Gasteiger partial charge in [-0.2, -0.15) is 0 Å². The van der Waals surface area contributed by atoms with Crippen molar-refractivity contribution in [2.45, 2.75) is 50.9 Å². The molecule has 0 bridgehead atoms. The Hall–Kier alpha value is -3.35. The summed E-state index contributed by atoms with van der Waals surface area (Å²) in [6.07, 6.45) is 4.86. The number of amides is 2. The number of benzene rings is 2. The van der Waals surface area contributed by atoms with Crippen molar-refractivity contribution in [3.8, 4) is 11.1 Å². The Bertz CT molecular complexity index is 1010. The average molecular weight is 479 g/mol. The van der Waals surface area contributed by atoms with Crippen molar-refractivity contribution in [1.82, 2.24) is 10.2 Å². The van der Waals surface area contributed by atoms with Gasteiger partial charge in [-0.1, -0.05) is 61.4 Å². The molecule has 2 amide bonds. The quantitative estimate of drug-likeness (QED) is 0.478. The molecule has 186 valence electrons. The highest BCUT2D eigenvalue weighted by atomic mass is 16.5. The monoisotopic (exact) mass is 478 g/mol. The van der Waals surface area contributed by atoms with Crippen LogP contribution in [-0.4, -0.2) is 54.2 Å². The Morgan fingerprint density at radius 3 is 2.29 bits per heavy atom. The number of carbonyl (C=O) groups excluding carboxylic acids is 2. The first-order valence-electron chi connectivity index (χ1n) is 12.6. The highest BCUT2D eigenvalue weighted by Gasteiger charge is 2.29. The standard InChI is InChI=1S/C28H34N2O5/c31-26(30-17-9-10-20(18-30)27(32)33)15-3-1-2-8-16-29-28(34)35-19-25-23-13-6-4-11-21(23)22-12-5-7-14-24(22)25/h4-7,11-14,20,25H,1-3,8-10,15-19H2,(H,29,34)(H,32,33). The smallest absolute Gasteiger partial charge is 0.407 e. The van der Waals surface area contributed by atoms with E-state index in [0.717, 1.165) is 32.1 Å². The maximum atomic E-state index is 12.3. The lowest BCUT2D eigenvalue weighted by Gasteiger charge is -2.30. The molecule has 1 saturated heterocycles. The fourth-order valence-corrected chi connectivity index (χ4v) is 5.16. The summed E-state index contributed by atoms with van der Waals surface area (Å²) in [6, 6.07) is 16.5. The van der Waals surface area contributed by atoms with Gasteiger partial charge in [0.2, 0.25) is 5.91 Å². The van der Waals surface area contributed by atoms with Gasteiger partial charge in [0.25, 0.3) is 0 Å². The van der Waals surface area contributed by atoms with Gasteiger partial charge < -0.3 is 20.1 Å². The molecule has 2 aliphatic rings. The van der Waals surface area contributed by atoms with Gasteiger partial charge in [-0.25, -0.2) is 4.79 Å². The van der Waals surface area contributed by atoms with Crippen molar-refractivity contribution in [1.29, 1.82) is 0 Å². The molecule has 1 heterocycles. The van der Waals surface area contributed by atoms with Crippen molar-refractivity contribution >= 4 is 18.0 Å². The van der Waals surface area contributed by atoms with E-state index < -0.39 is 18.0 Å². The number of fused-ring (bicyclic) bond motifs is 3. The minimum atomic E-state index is -0.814. The van der Waals surface area contributed by atoms with Crippen LogP contribution in [0.15, 0.2) is 48.5 Å². The van der Waals surface area contributed by atoms with Crippen LogP contribution in [0.2, 0.25) is 0 Å². The van der Waals surface area contributed by atoms with Crippen LogP contribution in [0.1, 0.15) is 62.0 Å². The average Bonchev–Trinajstić information content (AvgIpc) is 3.20. The second kappa shape index (κ2) is 11.9. The number of aliphatic carboxylic acids is 1. The van der Waals surface area contributed by atoms with Gasteiger partial charge in [0, 0.05) is 32.0 Å². The van der Waals surface area contributed by atoms with Gasteiger partial charge in [-0.15, -0.1) is 0 Å². The maximum Gasteiger partial charge on any atom is 0.407 e. The van der Waals surface area contributed by atoms with Gasteiger partial charge in [-0.05, 0) is 47.9 Å². The molecular weight excluding hydrogens is 444 g/mol. The highest BCUT2D eigenvalue weighted by molar-refractivity contribution is 5.79. The third-order valence-electron chi connectivity index (χ3n) is 7.05. The lowest BCUT2D eigenvalue weighted by Crippen LogP contribution is -2.42. The first-order chi connectivity index (χ1) is 17.0. The molecule has 1 fully saturated rings. The number of carboxylic acids is 1. The molecule has 4 rings (SSSR count). The zero-order chi connectivity index (χ0) is 24.6. The lowest BCUT2D eigenvalue weighted by atomic mass is 9.98. The fraction of sp³-hybridized carbons (Fsp3) is 0.464. The molecule has 35 heavy (non-hydrogen) atoms. The summed E-state index contributed by atoms with van der Waals surface area (Å²) in [5.41, 5.74) is 4.80. The molecule has 0 saturated carbocycles. The van der Waals surface area contributed by atoms with Crippen molar-refractivity contribution in [3.05, 3.63) is 59.7 Å². The van der Waals surface area contributed by atoms with E-state index in [1.807, 2.05) is 24.3 Å². The molecule has 2 N–H and O–H groups in total. The lowest BCUT2D eigenvalue weighted by molar-refractivity contribution is -0.145. The number of hydrogen-bond acceptors (Lipinski definition) is 4. The summed E-state index contributed by atoms with van der Waals surface area (Å²) in [4.78, 5) is 37.4. The summed E-state index contributed by atoms with van der Waals surface area (Å²) in [7, 11) is 0. The Morgan fingerprint density at radius 1 is 0.943 bits per heavy atom. The zero-order valence-electron chi connectivity index (χ0n) is 20.1. The molecule has 1 unspecified atom stereocenters. The summed E-state index contributed by atoms with van der Waals surface area (Å²) in [6.45, 7) is 1.84. The molecule has 1 aliphatic carbocycles. The topological polar surface area (TPSA) is 95.9 Å². The van der Waals surface area contributed by atoms with Crippen LogP contribution in [-0.2, 0) is 14.3 Å². The largest absolute Gasteiger partial charge is 0.481 e. The van der Waals surface area contributed by atoms with E-state index in [4.69, 9.17) is 9.84 Å². The number of carboxylic acid groups (broad SMARTS) is 1. The van der Waals surface area contributed by atoms with Crippen LogP contribution in [0.3, 0.4) is 0 Å². The molecule has 0 spiro atoms. The Kier molecular flexibility index (Phi) is 8.40. The Labute approximate surface area is 206 Å². The molecule has 1 atom stereocenters. The predicted molar refractivity (Wildman–Crippen MR) is 133 cm³/mol. The third-order valence-corrected chi connectivity index (χ3v) is 7.05. The normalized spacial score (nSPS) is 16.9. The van der Waals surface area contributed by atoms with Crippen molar-refractivity contribution in [3.63, 3.8) is 0 Å². The van der Waals surface area contributed by atoms with Gasteiger partial charge in [0.05, 0.1) is 5.92 Å². The Balaban J connectivity index is 1.10. The number of rotatable bonds is 10. The molecule has 2 aromatic rings. The van der Waals surface area contributed by atoms with Crippen LogP contribution in [0.25, 0.3) is 11.1 Å². The van der Waals surface area contributed by atoms with E-state index in [1.165, 1.54) is 22.3 Å². The molecule has 0 radical (unpaired) electrons. The molecule has 1 aliphatic heterocycles. The van der Waals surface area contributed by atoms with Gasteiger partial charge >= 0.3 is 12.1 Å². The molecule has 7 nitrogen and oxygen atoms in total. The summed E-state index contributed by atoms with van der Waals surface area (Å²) < 4.78 is 5.55. The fourth-order valence-electron chi connectivity index (χ4n) is 5.16. The maximum absolute atomic E-state index is 12.3. The number of nitrogens with one attached hydrogen (secondary N) is 1. The van der Waals surface area contributed by atoms with E-state index >= 15 is 0 Å². The van der Waals surface area contributed by atoms with Gasteiger partial charge in [-0.3, -0.25) is 9.59 Å². The summed E-state index contributed by atoms with van der Waals surface area (Å²) in [5, 5.41) is 12.0. The number of alkyl carbamates (subject to hydrolysis) is 1. The highest BCUT2D eigenvalue weighted by Crippen LogP contribution is 2.44. The zero-order valence-corrected chi connectivity index (χ0v) is 20.1. The molecular formula is C28H34N2O5. The van der Waals surface area contributed by atoms with E-state index in [-0.39, 0.29) is 11.8 Å². The first-order valence-corrected chi connectivity index (χ1v) is 12.6. The first kappa shape index (κ1) is 24.8. The predicted octanol–water partition coefficient (Wildman–Crippen LogP) is 4.80. The second-order valence-electron chi connectivity index (χ2n) is 9.43. The van der Waals surface area contributed by atoms with Crippen LogP contribution in [0.5, 0.6) is 0 Å². The Morgan fingerprint density at radius 2 is 1.60 bits per heavy atom. The minimum Gasteiger partial charge on any atom is -0.481 e. The van der Waals surface area contributed by atoms with Crippen LogP contribution < -0.4 is 5.32 Å². The second-order valence-corrected chi connectivity index (χ2v) is 9.43. The van der Waals surface area contributed by atoms with Gasteiger partial charge in [0.15, 0.2) is 0 Å². The molecule has 7 heteroatoms. The number of likely N-dealkylation sites (tertiary alicyclic amines) is 1. The minimum absolute atomic E-state index is 0.0488. The number of nitrogens with zero attached hydrogens (tertiary/aromatic N) is 1. The number of piperidine rings is 1. The third kappa shape index (κ3) is 6.21. The van der Waals surface area contributed by atoms with Crippen molar-refractivity contribution in [2.24, 2.45) is 5.92 Å². The van der Waals surface area contributed by atoms with E-state index in [9.17, 15) is 14.4 Å². The molecule has 0 aromatic heterocycles. The van der Waals surface area contributed by atoms with Crippen LogP contribution in [0.4, 0.5) is 4.79 Å². The van der Waals surface area contributed by atoms with Gasteiger partial charge in [0.1, 0.15) is 6.61 Å². The molecule has 2 aromatic carbocycles. The van der Waals surface area contributed by atoms with Crippen molar-refractivity contribution in [2.75, 3.05) is 26.2 Å².